The van der Waals surface area contributed by atoms with Crippen LogP contribution in [0.1, 0.15) is 18.9 Å². The summed E-state index contributed by atoms with van der Waals surface area (Å²) in [6.45, 7) is 4.25. The molecule has 15 heavy (non-hydrogen) atoms. The zero-order chi connectivity index (χ0) is 10.8. The lowest BCUT2D eigenvalue weighted by atomic mass is 10.1. The molecule has 0 saturated carbocycles. The van der Waals surface area contributed by atoms with Gasteiger partial charge in [0.15, 0.2) is 0 Å². The molecule has 0 aliphatic carbocycles. The van der Waals surface area contributed by atoms with E-state index < -0.39 is 0 Å². The van der Waals surface area contributed by atoms with Gasteiger partial charge in [-0.1, -0.05) is 18.5 Å². The normalized spacial score (nSPS) is 25.5. The van der Waals surface area contributed by atoms with E-state index >= 15 is 0 Å². The Labute approximate surface area is 99.8 Å². The van der Waals surface area contributed by atoms with E-state index in [1.807, 2.05) is 24.9 Å². The highest BCUT2D eigenvalue weighted by Gasteiger charge is 2.23. The fourth-order valence-electron chi connectivity index (χ4n) is 1.77. The number of hydrogen-bond acceptors (Lipinski definition) is 3. The highest BCUT2D eigenvalue weighted by Crippen LogP contribution is 2.29. The van der Waals surface area contributed by atoms with Gasteiger partial charge in [0.1, 0.15) is 5.15 Å². The number of halogens is 1. The average molecular weight is 243 g/mol. The summed E-state index contributed by atoms with van der Waals surface area (Å²) in [7, 11) is 0. The van der Waals surface area contributed by atoms with Crippen LogP contribution in [-0.2, 0) is 0 Å². The molecule has 0 spiro atoms. The van der Waals surface area contributed by atoms with E-state index in [1.54, 1.807) is 0 Å². The summed E-state index contributed by atoms with van der Waals surface area (Å²) in [5.74, 6) is 1.25. The van der Waals surface area contributed by atoms with Crippen LogP contribution < -0.4 is 5.32 Å². The van der Waals surface area contributed by atoms with E-state index in [4.69, 9.17) is 11.6 Å². The van der Waals surface area contributed by atoms with E-state index in [2.05, 4.69) is 23.3 Å². The second-order valence-electron chi connectivity index (χ2n) is 3.95. The number of pyridine rings is 1. The van der Waals surface area contributed by atoms with Crippen molar-refractivity contribution in [2.75, 3.05) is 11.1 Å². The Balaban J connectivity index is 2.07. The minimum Gasteiger partial charge on any atom is -0.380 e. The zero-order valence-electron chi connectivity index (χ0n) is 8.96. The van der Waals surface area contributed by atoms with Gasteiger partial charge in [-0.25, -0.2) is 4.98 Å². The number of anilines is 1. The second-order valence-corrected chi connectivity index (χ2v) is 5.79. The Morgan fingerprint density at radius 3 is 3.00 bits per heavy atom. The maximum atomic E-state index is 5.88. The predicted octanol–water partition coefficient (Wildman–Crippen LogP) is 3.35. The van der Waals surface area contributed by atoms with Crippen LogP contribution in [0, 0.1) is 6.92 Å². The first-order valence-electron chi connectivity index (χ1n) is 5.17. The van der Waals surface area contributed by atoms with E-state index in [0.717, 1.165) is 11.3 Å². The fraction of sp³-hybridized carbons (Fsp3) is 0.545. The predicted molar refractivity (Wildman–Crippen MR) is 67.9 cm³/mol. The van der Waals surface area contributed by atoms with Gasteiger partial charge in [0.25, 0.3) is 0 Å². The molecule has 1 aliphatic heterocycles. The third-order valence-electron chi connectivity index (χ3n) is 2.74. The maximum Gasteiger partial charge on any atom is 0.132 e. The van der Waals surface area contributed by atoms with E-state index in [0.29, 0.717) is 16.4 Å². The Morgan fingerprint density at radius 1 is 1.60 bits per heavy atom. The molecule has 1 N–H and O–H groups in total. The van der Waals surface area contributed by atoms with Gasteiger partial charge in [-0.2, -0.15) is 11.8 Å². The SMILES string of the molecule is Cc1cc(NC2CCSC2C)cnc1Cl. The van der Waals surface area contributed by atoms with Crippen LogP contribution in [0.3, 0.4) is 0 Å². The summed E-state index contributed by atoms with van der Waals surface area (Å²) in [4.78, 5) is 4.14. The van der Waals surface area contributed by atoms with Crippen LogP contribution in [0.2, 0.25) is 5.15 Å². The van der Waals surface area contributed by atoms with E-state index in [9.17, 15) is 0 Å². The van der Waals surface area contributed by atoms with Gasteiger partial charge in [0.2, 0.25) is 0 Å². The van der Waals surface area contributed by atoms with Crippen molar-refractivity contribution in [3.8, 4) is 0 Å². The summed E-state index contributed by atoms with van der Waals surface area (Å²) in [6.07, 6.45) is 3.04. The molecule has 82 valence electrons. The fourth-order valence-corrected chi connectivity index (χ4v) is 3.07. The monoisotopic (exact) mass is 242 g/mol. The summed E-state index contributed by atoms with van der Waals surface area (Å²) in [5.41, 5.74) is 2.11. The average Bonchev–Trinajstić information content (AvgIpc) is 2.59. The summed E-state index contributed by atoms with van der Waals surface area (Å²) < 4.78 is 0. The minimum atomic E-state index is 0.567. The summed E-state index contributed by atoms with van der Waals surface area (Å²) in [5, 5.41) is 4.79. The molecular formula is C11H15ClN2S. The number of hydrogen-bond donors (Lipinski definition) is 1. The van der Waals surface area contributed by atoms with Gasteiger partial charge in [0.05, 0.1) is 11.9 Å². The van der Waals surface area contributed by atoms with Crippen LogP contribution in [-0.4, -0.2) is 22.0 Å². The van der Waals surface area contributed by atoms with Gasteiger partial charge < -0.3 is 5.32 Å². The molecule has 1 aliphatic rings. The molecule has 2 nitrogen and oxygen atoms in total. The smallest absolute Gasteiger partial charge is 0.132 e. The highest BCUT2D eigenvalue weighted by atomic mass is 35.5. The molecule has 2 rings (SSSR count). The van der Waals surface area contributed by atoms with Crippen molar-refractivity contribution in [3.63, 3.8) is 0 Å². The summed E-state index contributed by atoms with van der Waals surface area (Å²) in [6, 6.07) is 2.63. The van der Waals surface area contributed by atoms with Crippen molar-refractivity contribution in [1.82, 2.24) is 4.98 Å². The molecule has 2 atom stereocenters. The Morgan fingerprint density at radius 2 is 2.40 bits per heavy atom. The lowest BCUT2D eigenvalue weighted by molar-refractivity contribution is 0.723. The van der Waals surface area contributed by atoms with Crippen LogP contribution in [0.25, 0.3) is 0 Å². The number of aromatic nitrogens is 1. The molecular weight excluding hydrogens is 228 g/mol. The second kappa shape index (κ2) is 4.62. The largest absolute Gasteiger partial charge is 0.380 e. The number of nitrogens with one attached hydrogen (secondary N) is 1. The quantitative estimate of drug-likeness (QED) is 0.806. The Kier molecular flexibility index (Phi) is 3.42. The van der Waals surface area contributed by atoms with Gasteiger partial charge >= 0.3 is 0 Å². The first-order chi connectivity index (χ1) is 7.16. The maximum absolute atomic E-state index is 5.88. The Bertz CT molecular complexity index is 356. The molecule has 2 heterocycles. The molecule has 2 unspecified atom stereocenters. The molecule has 1 fully saturated rings. The molecule has 1 saturated heterocycles. The standard InChI is InChI=1S/C11H15ClN2S/c1-7-5-9(6-13-11(7)12)14-10-3-4-15-8(10)2/h5-6,8,10,14H,3-4H2,1-2H3. The molecule has 4 heteroatoms. The third-order valence-corrected chi connectivity index (χ3v) is 4.46. The molecule has 0 aromatic carbocycles. The first kappa shape index (κ1) is 11.1. The summed E-state index contributed by atoms with van der Waals surface area (Å²) >= 11 is 7.91. The van der Waals surface area contributed by atoms with Crippen LogP contribution in [0.5, 0.6) is 0 Å². The molecule has 0 amide bonds. The van der Waals surface area contributed by atoms with Crippen molar-refractivity contribution in [3.05, 3.63) is 23.0 Å². The minimum absolute atomic E-state index is 0.567. The van der Waals surface area contributed by atoms with Crippen molar-refractivity contribution in [2.24, 2.45) is 0 Å². The Hall–Kier alpha value is -0.410. The van der Waals surface area contributed by atoms with Crippen molar-refractivity contribution >= 4 is 29.1 Å². The molecule has 1 aromatic rings. The van der Waals surface area contributed by atoms with Gasteiger partial charge in [-0.15, -0.1) is 0 Å². The topological polar surface area (TPSA) is 24.9 Å². The molecule has 1 aromatic heterocycles. The van der Waals surface area contributed by atoms with E-state index in [1.165, 1.54) is 12.2 Å². The van der Waals surface area contributed by atoms with Gasteiger partial charge in [0, 0.05) is 11.3 Å². The van der Waals surface area contributed by atoms with Crippen LogP contribution in [0.4, 0.5) is 5.69 Å². The van der Waals surface area contributed by atoms with Crippen molar-refractivity contribution < 1.29 is 0 Å². The lowest BCUT2D eigenvalue weighted by Gasteiger charge is -2.17. The molecule has 0 bridgehead atoms. The van der Waals surface area contributed by atoms with E-state index in [-0.39, 0.29) is 0 Å². The first-order valence-corrected chi connectivity index (χ1v) is 6.60. The number of aryl methyl sites for hydroxylation is 1. The lowest BCUT2D eigenvalue weighted by Crippen LogP contribution is -2.24. The van der Waals surface area contributed by atoms with Crippen LogP contribution >= 0.6 is 23.4 Å². The van der Waals surface area contributed by atoms with Gasteiger partial charge in [-0.3, -0.25) is 0 Å². The highest BCUT2D eigenvalue weighted by molar-refractivity contribution is 8.00. The third kappa shape index (κ3) is 2.58. The zero-order valence-corrected chi connectivity index (χ0v) is 10.5. The van der Waals surface area contributed by atoms with Crippen molar-refractivity contribution in [2.45, 2.75) is 31.6 Å². The molecule has 0 radical (unpaired) electrons. The number of thioether (sulfide) groups is 1. The number of rotatable bonds is 2. The van der Waals surface area contributed by atoms with Crippen LogP contribution in [0.15, 0.2) is 12.3 Å². The number of nitrogens with zero attached hydrogens (tertiary/aromatic N) is 1. The van der Waals surface area contributed by atoms with Crippen molar-refractivity contribution in [1.29, 1.82) is 0 Å². The van der Waals surface area contributed by atoms with Gasteiger partial charge in [-0.05, 0) is 30.7 Å².